The van der Waals surface area contributed by atoms with E-state index < -0.39 is 5.97 Å². The van der Waals surface area contributed by atoms with Gasteiger partial charge in [0, 0.05) is 12.5 Å². The number of nitrogens with zero attached hydrogens (tertiary/aromatic N) is 3. The normalized spacial score (nSPS) is 9.20. The molecule has 0 aromatic carbocycles. The van der Waals surface area contributed by atoms with Crippen molar-refractivity contribution in [1.82, 2.24) is 15.0 Å². The van der Waals surface area contributed by atoms with Crippen LogP contribution in [0.4, 0.5) is 0 Å². The largest absolute Gasteiger partial charge is 0.456 e. The average Bonchev–Trinajstić information content (AvgIpc) is 2.64. The molecule has 0 saturated heterocycles. The van der Waals surface area contributed by atoms with Crippen molar-refractivity contribution in [1.29, 1.82) is 0 Å². The van der Waals surface area contributed by atoms with Gasteiger partial charge in [0.15, 0.2) is 0 Å². The van der Waals surface area contributed by atoms with Crippen molar-refractivity contribution < 1.29 is 9.53 Å². The SMILES string of the molecule is CCCn1nncc1C#CC(=O)OCC. The lowest BCUT2D eigenvalue weighted by Gasteiger charge is -1.96. The van der Waals surface area contributed by atoms with Crippen LogP contribution in [0.2, 0.25) is 0 Å². The third-order valence-electron chi connectivity index (χ3n) is 1.62. The highest BCUT2D eigenvalue weighted by atomic mass is 16.5. The Labute approximate surface area is 88.4 Å². The summed E-state index contributed by atoms with van der Waals surface area (Å²) < 4.78 is 6.34. The monoisotopic (exact) mass is 207 g/mol. The smallest absolute Gasteiger partial charge is 0.384 e. The molecule has 0 N–H and O–H groups in total. The summed E-state index contributed by atoms with van der Waals surface area (Å²) in [6.45, 7) is 4.85. The second-order valence-corrected chi connectivity index (χ2v) is 2.81. The van der Waals surface area contributed by atoms with Gasteiger partial charge in [-0.1, -0.05) is 12.1 Å². The molecule has 0 fully saturated rings. The van der Waals surface area contributed by atoms with E-state index in [1.165, 1.54) is 6.20 Å². The van der Waals surface area contributed by atoms with Crippen molar-refractivity contribution in [3.05, 3.63) is 11.9 Å². The number of hydrogen-bond acceptors (Lipinski definition) is 4. The minimum absolute atomic E-state index is 0.333. The highest BCUT2D eigenvalue weighted by molar-refractivity contribution is 5.88. The van der Waals surface area contributed by atoms with Gasteiger partial charge in [-0.3, -0.25) is 0 Å². The van der Waals surface area contributed by atoms with Gasteiger partial charge in [-0.25, -0.2) is 9.48 Å². The molecular formula is C10H13N3O2. The molecule has 1 heterocycles. The van der Waals surface area contributed by atoms with Crippen LogP contribution in [0.3, 0.4) is 0 Å². The molecule has 5 heteroatoms. The van der Waals surface area contributed by atoms with E-state index in [0.717, 1.165) is 13.0 Å². The first-order valence-electron chi connectivity index (χ1n) is 4.85. The first kappa shape index (κ1) is 11.2. The van der Waals surface area contributed by atoms with Gasteiger partial charge in [-0.15, -0.1) is 5.10 Å². The molecule has 0 unspecified atom stereocenters. The number of ether oxygens (including phenoxy) is 1. The lowest BCUT2D eigenvalue weighted by Crippen LogP contribution is -2.03. The summed E-state index contributed by atoms with van der Waals surface area (Å²) in [5.41, 5.74) is 0.630. The van der Waals surface area contributed by atoms with Crippen molar-refractivity contribution in [2.24, 2.45) is 0 Å². The summed E-state index contributed by atoms with van der Waals surface area (Å²) >= 11 is 0. The van der Waals surface area contributed by atoms with Crippen molar-refractivity contribution in [2.75, 3.05) is 6.61 Å². The summed E-state index contributed by atoms with van der Waals surface area (Å²) in [6.07, 6.45) is 2.47. The standard InChI is InChI=1S/C10H13N3O2/c1-3-7-13-9(8-11-12-13)5-6-10(14)15-4-2/h8H,3-4,7H2,1-2H3. The summed E-state index contributed by atoms with van der Waals surface area (Å²) in [5, 5.41) is 7.56. The third kappa shape index (κ3) is 3.43. The topological polar surface area (TPSA) is 57.0 Å². The van der Waals surface area contributed by atoms with E-state index in [0.29, 0.717) is 12.3 Å². The van der Waals surface area contributed by atoms with E-state index in [4.69, 9.17) is 0 Å². The molecule has 0 radical (unpaired) electrons. The lowest BCUT2D eigenvalue weighted by atomic mass is 10.4. The number of carbonyl (C=O) groups excluding carboxylic acids is 1. The van der Waals surface area contributed by atoms with E-state index in [9.17, 15) is 4.79 Å². The fourth-order valence-corrected chi connectivity index (χ4v) is 1.01. The Hall–Kier alpha value is -1.83. The first-order valence-corrected chi connectivity index (χ1v) is 4.85. The summed E-state index contributed by atoms with van der Waals surface area (Å²) in [4.78, 5) is 11.0. The van der Waals surface area contributed by atoms with Gasteiger partial charge in [0.25, 0.3) is 0 Å². The molecular weight excluding hydrogens is 194 g/mol. The van der Waals surface area contributed by atoms with E-state index in [-0.39, 0.29) is 0 Å². The van der Waals surface area contributed by atoms with Gasteiger partial charge < -0.3 is 4.74 Å². The molecule has 0 spiro atoms. The van der Waals surface area contributed by atoms with Crippen LogP contribution < -0.4 is 0 Å². The maximum atomic E-state index is 11.0. The van der Waals surface area contributed by atoms with Gasteiger partial charge >= 0.3 is 5.97 Å². The molecule has 0 amide bonds. The van der Waals surface area contributed by atoms with Gasteiger partial charge in [-0.05, 0) is 19.3 Å². The Morgan fingerprint density at radius 2 is 2.40 bits per heavy atom. The van der Waals surface area contributed by atoms with Crippen molar-refractivity contribution in [3.8, 4) is 11.8 Å². The number of aryl methyl sites for hydroxylation is 1. The van der Waals surface area contributed by atoms with Crippen LogP contribution in [0.5, 0.6) is 0 Å². The first-order chi connectivity index (χ1) is 7.27. The third-order valence-corrected chi connectivity index (χ3v) is 1.62. The maximum Gasteiger partial charge on any atom is 0.384 e. The van der Waals surface area contributed by atoms with E-state index in [1.54, 1.807) is 11.6 Å². The molecule has 15 heavy (non-hydrogen) atoms. The van der Waals surface area contributed by atoms with Crippen molar-refractivity contribution in [2.45, 2.75) is 26.8 Å². The number of hydrogen-bond donors (Lipinski definition) is 0. The minimum atomic E-state index is -0.526. The van der Waals surface area contributed by atoms with Crippen molar-refractivity contribution in [3.63, 3.8) is 0 Å². The quantitative estimate of drug-likeness (QED) is 0.538. The van der Waals surface area contributed by atoms with Crippen LogP contribution >= 0.6 is 0 Å². The summed E-state index contributed by atoms with van der Waals surface area (Å²) in [7, 11) is 0. The Kier molecular flexibility index (Phi) is 4.35. The number of rotatable bonds is 3. The van der Waals surface area contributed by atoms with E-state index >= 15 is 0 Å². The second kappa shape index (κ2) is 5.81. The highest BCUT2D eigenvalue weighted by Gasteiger charge is 1.99. The number of esters is 1. The fraction of sp³-hybridized carbons (Fsp3) is 0.500. The van der Waals surface area contributed by atoms with E-state index in [1.807, 2.05) is 6.92 Å². The second-order valence-electron chi connectivity index (χ2n) is 2.81. The number of aromatic nitrogens is 3. The summed E-state index contributed by atoms with van der Waals surface area (Å²) in [6, 6.07) is 0. The van der Waals surface area contributed by atoms with Crippen molar-refractivity contribution >= 4 is 5.97 Å². The molecule has 0 atom stereocenters. The lowest BCUT2D eigenvalue weighted by molar-refractivity contribution is -0.136. The molecule has 0 saturated carbocycles. The maximum absolute atomic E-state index is 11.0. The van der Waals surface area contributed by atoms with Crippen LogP contribution in [0.15, 0.2) is 6.20 Å². The average molecular weight is 207 g/mol. The molecule has 0 aliphatic heterocycles. The molecule has 5 nitrogen and oxygen atoms in total. The Morgan fingerprint density at radius 3 is 3.07 bits per heavy atom. The van der Waals surface area contributed by atoms with Crippen LogP contribution in [-0.4, -0.2) is 27.6 Å². The molecule has 1 rings (SSSR count). The number of carbonyl (C=O) groups is 1. The zero-order valence-corrected chi connectivity index (χ0v) is 8.86. The van der Waals surface area contributed by atoms with Gasteiger partial charge in [0.2, 0.25) is 0 Å². The Bertz CT molecular complexity index is 387. The zero-order chi connectivity index (χ0) is 11.1. The molecule has 0 bridgehead atoms. The van der Waals surface area contributed by atoms with Gasteiger partial charge in [0.05, 0.1) is 12.8 Å². The predicted octanol–water partition coefficient (Wildman–Crippen LogP) is 0.603. The van der Waals surface area contributed by atoms with E-state index in [2.05, 4.69) is 26.9 Å². The van der Waals surface area contributed by atoms with Crippen LogP contribution in [0.25, 0.3) is 0 Å². The predicted molar refractivity (Wildman–Crippen MR) is 53.8 cm³/mol. The fourth-order valence-electron chi connectivity index (χ4n) is 1.01. The summed E-state index contributed by atoms with van der Waals surface area (Å²) in [5.74, 6) is 4.52. The molecule has 0 aliphatic carbocycles. The van der Waals surface area contributed by atoms with Crippen LogP contribution in [0.1, 0.15) is 26.0 Å². The molecule has 0 aliphatic rings. The zero-order valence-electron chi connectivity index (χ0n) is 8.86. The van der Waals surface area contributed by atoms with Gasteiger partial charge in [-0.2, -0.15) is 0 Å². The van der Waals surface area contributed by atoms with Crippen LogP contribution in [0, 0.1) is 11.8 Å². The Balaban J connectivity index is 2.70. The van der Waals surface area contributed by atoms with Gasteiger partial charge in [0.1, 0.15) is 5.69 Å². The molecule has 1 aromatic rings. The molecule has 80 valence electrons. The highest BCUT2D eigenvalue weighted by Crippen LogP contribution is 1.95. The Morgan fingerprint density at radius 1 is 1.60 bits per heavy atom. The molecule has 1 aromatic heterocycles. The minimum Gasteiger partial charge on any atom is -0.456 e. The van der Waals surface area contributed by atoms with Crippen LogP contribution in [-0.2, 0) is 16.1 Å².